The molecule has 0 fully saturated rings. The highest BCUT2D eigenvalue weighted by molar-refractivity contribution is 7.11. The molecule has 0 spiro atoms. The predicted octanol–water partition coefficient (Wildman–Crippen LogP) is 3.32. The number of thiazole rings is 1. The minimum Gasteiger partial charge on any atom is -0.246 e. The van der Waals surface area contributed by atoms with E-state index in [1.54, 1.807) is 0 Å². The minimum atomic E-state index is 0.767. The highest BCUT2D eigenvalue weighted by Crippen LogP contribution is 2.18. The summed E-state index contributed by atoms with van der Waals surface area (Å²) in [6.45, 7) is 4.19. The molecule has 1 nitrogen and oxygen atoms in total. The third-order valence-corrected chi connectivity index (χ3v) is 3.25. The van der Waals surface area contributed by atoms with Gasteiger partial charge in [0.2, 0.25) is 0 Å². The Morgan fingerprint density at radius 1 is 1.33 bits per heavy atom. The SMILES string of the molecule is Cc1nc(CCCCCl)sc1C. The fourth-order valence-corrected chi connectivity index (χ4v) is 2.18. The van der Waals surface area contributed by atoms with Gasteiger partial charge in [0.1, 0.15) is 0 Å². The Kier molecular flexibility index (Phi) is 4.02. The van der Waals surface area contributed by atoms with Crippen molar-refractivity contribution >= 4 is 22.9 Å². The molecule has 0 unspecified atom stereocenters. The third-order valence-electron chi connectivity index (χ3n) is 1.85. The summed E-state index contributed by atoms with van der Waals surface area (Å²) in [6.07, 6.45) is 3.35. The van der Waals surface area contributed by atoms with Crippen molar-refractivity contribution in [2.45, 2.75) is 33.1 Å². The fraction of sp³-hybridized carbons (Fsp3) is 0.667. The molecule has 1 heterocycles. The van der Waals surface area contributed by atoms with E-state index in [-0.39, 0.29) is 0 Å². The van der Waals surface area contributed by atoms with E-state index in [1.165, 1.54) is 15.6 Å². The second-order valence-corrected chi connectivity index (χ2v) is 4.56. The second-order valence-electron chi connectivity index (χ2n) is 2.90. The van der Waals surface area contributed by atoms with Gasteiger partial charge in [0, 0.05) is 10.8 Å². The van der Waals surface area contributed by atoms with Crippen LogP contribution in [0.5, 0.6) is 0 Å². The summed E-state index contributed by atoms with van der Waals surface area (Å²) < 4.78 is 0. The summed E-state index contributed by atoms with van der Waals surface area (Å²) >= 11 is 7.40. The van der Waals surface area contributed by atoms with E-state index < -0.39 is 0 Å². The van der Waals surface area contributed by atoms with Gasteiger partial charge in [-0.3, -0.25) is 0 Å². The number of nitrogens with zero attached hydrogens (tertiary/aromatic N) is 1. The van der Waals surface area contributed by atoms with Crippen LogP contribution in [0.1, 0.15) is 28.4 Å². The van der Waals surface area contributed by atoms with Gasteiger partial charge in [-0.25, -0.2) is 4.98 Å². The molecule has 68 valence electrons. The van der Waals surface area contributed by atoms with Crippen molar-refractivity contribution < 1.29 is 0 Å². The highest BCUT2D eigenvalue weighted by Gasteiger charge is 2.02. The van der Waals surface area contributed by atoms with Gasteiger partial charge >= 0.3 is 0 Å². The molecule has 1 rings (SSSR count). The summed E-state index contributed by atoms with van der Waals surface area (Å²) in [5.41, 5.74) is 1.18. The van der Waals surface area contributed by atoms with Crippen LogP contribution in [0.3, 0.4) is 0 Å². The van der Waals surface area contributed by atoms with Gasteiger partial charge in [0.25, 0.3) is 0 Å². The molecule has 1 aromatic rings. The Labute approximate surface area is 82.8 Å². The Morgan fingerprint density at radius 2 is 2.08 bits per heavy atom. The lowest BCUT2D eigenvalue weighted by atomic mass is 10.3. The number of hydrogen-bond donors (Lipinski definition) is 0. The maximum atomic E-state index is 5.59. The molecule has 0 aliphatic carbocycles. The Balaban J connectivity index is 2.42. The molecule has 0 amide bonds. The number of aryl methyl sites for hydroxylation is 3. The normalized spacial score (nSPS) is 10.6. The number of halogens is 1. The smallest absolute Gasteiger partial charge is 0.0930 e. The lowest BCUT2D eigenvalue weighted by molar-refractivity contribution is 0.792. The summed E-state index contributed by atoms with van der Waals surface area (Å²) in [7, 11) is 0. The minimum absolute atomic E-state index is 0.767. The molecular weight excluding hydrogens is 190 g/mol. The lowest BCUT2D eigenvalue weighted by Crippen LogP contribution is -1.85. The lowest BCUT2D eigenvalue weighted by Gasteiger charge is -1.92. The van der Waals surface area contributed by atoms with Gasteiger partial charge < -0.3 is 0 Å². The zero-order valence-electron chi connectivity index (χ0n) is 7.56. The van der Waals surface area contributed by atoms with Gasteiger partial charge in [0.05, 0.1) is 10.7 Å². The van der Waals surface area contributed by atoms with Crippen molar-refractivity contribution in [1.29, 1.82) is 0 Å². The maximum Gasteiger partial charge on any atom is 0.0930 e. The number of unbranched alkanes of at least 4 members (excludes halogenated alkanes) is 1. The highest BCUT2D eigenvalue weighted by atomic mass is 35.5. The average Bonchev–Trinajstić information content (AvgIpc) is 2.32. The number of hydrogen-bond acceptors (Lipinski definition) is 2. The average molecular weight is 204 g/mol. The summed E-state index contributed by atoms with van der Waals surface area (Å²) in [6, 6.07) is 0. The van der Waals surface area contributed by atoms with Crippen molar-refractivity contribution in [3.8, 4) is 0 Å². The molecule has 3 heteroatoms. The first kappa shape index (κ1) is 10.0. The van der Waals surface area contributed by atoms with Crippen molar-refractivity contribution in [2.75, 3.05) is 5.88 Å². The summed E-state index contributed by atoms with van der Waals surface area (Å²) in [5.74, 6) is 0.767. The first-order chi connectivity index (χ1) is 5.74. The van der Waals surface area contributed by atoms with Crippen molar-refractivity contribution in [3.05, 3.63) is 15.6 Å². The number of aromatic nitrogens is 1. The van der Waals surface area contributed by atoms with Gasteiger partial charge in [-0.2, -0.15) is 0 Å². The predicted molar refractivity (Wildman–Crippen MR) is 55.2 cm³/mol. The van der Waals surface area contributed by atoms with Crippen LogP contribution < -0.4 is 0 Å². The standard InChI is InChI=1S/C9H14ClNS/c1-7-8(2)12-9(11-7)5-3-4-6-10/h3-6H2,1-2H3. The maximum absolute atomic E-state index is 5.59. The molecule has 1 aromatic heterocycles. The topological polar surface area (TPSA) is 12.9 Å². The van der Waals surface area contributed by atoms with E-state index in [2.05, 4.69) is 18.8 Å². The Hall–Kier alpha value is -0.0800. The third kappa shape index (κ3) is 2.76. The van der Waals surface area contributed by atoms with Crippen molar-refractivity contribution in [1.82, 2.24) is 4.98 Å². The molecule has 12 heavy (non-hydrogen) atoms. The Morgan fingerprint density at radius 3 is 2.58 bits per heavy atom. The molecule has 0 atom stereocenters. The van der Waals surface area contributed by atoms with Crippen LogP contribution in [0.15, 0.2) is 0 Å². The zero-order chi connectivity index (χ0) is 8.97. The molecule has 0 aliphatic heterocycles. The molecular formula is C9H14ClNS. The quantitative estimate of drug-likeness (QED) is 0.541. The Bertz CT molecular complexity index is 225. The van der Waals surface area contributed by atoms with Crippen LogP contribution in [0, 0.1) is 13.8 Å². The van der Waals surface area contributed by atoms with E-state index in [9.17, 15) is 0 Å². The van der Waals surface area contributed by atoms with E-state index in [0.29, 0.717) is 0 Å². The van der Waals surface area contributed by atoms with E-state index in [4.69, 9.17) is 11.6 Å². The first-order valence-electron chi connectivity index (χ1n) is 4.23. The van der Waals surface area contributed by atoms with Gasteiger partial charge in [-0.15, -0.1) is 22.9 Å². The van der Waals surface area contributed by atoms with Crippen LogP contribution in [0.2, 0.25) is 0 Å². The first-order valence-corrected chi connectivity index (χ1v) is 5.58. The second kappa shape index (κ2) is 4.83. The van der Waals surface area contributed by atoms with E-state index in [0.717, 1.165) is 25.1 Å². The number of alkyl halides is 1. The van der Waals surface area contributed by atoms with Gasteiger partial charge in [0.15, 0.2) is 0 Å². The van der Waals surface area contributed by atoms with E-state index >= 15 is 0 Å². The van der Waals surface area contributed by atoms with Crippen LogP contribution >= 0.6 is 22.9 Å². The largest absolute Gasteiger partial charge is 0.246 e. The molecule has 0 aromatic carbocycles. The summed E-state index contributed by atoms with van der Waals surface area (Å²) in [4.78, 5) is 5.80. The molecule has 0 aliphatic rings. The van der Waals surface area contributed by atoms with E-state index in [1.807, 2.05) is 11.3 Å². The van der Waals surface area contributed by atoms with Crippen LogP contribution in [-0.2, 0) is 6.42 Å². The summed E-state index contributed by atoms with van der Waals surface area (Å²) in [5, 5.41) is 1.26. The van der Waals surface area contributed by atoms with Crippen LogP contribution in [-0.4, -0.2) is 10.9 Å². The molecule has 0 saturated heterocycles. The van der Waals surface area contributed by atoms with Crippen molar-refractivity contribution in [2.24, 2.45) is 0 Å². The van der Waals surface area contributed by atoms with Crippen LogP contribution in [0.4, 0.5) is 0 Å². The molecule has 0 bridgehead atoms. The van der Waals surface area contributed by atoms with Gasteiger partial charge in [-0.05, 0) is 33.1 Å². The fourth-order valence-electron chi connectivity index (χ4n) is 1.02. The monoisotopic (exact) mass is 203 g/mol. The van der Waals surface area contributed by atoms with Crippen molar-refractivity contribution in [3.63, 3.8) is 0 Å². The van der Waals surface area contributed by atoms with Crippen LogP contribution in [0.25, 0.3) is 0 Å². The molecule has 0 N–H and O–H groups in total. The van der Waals surface area contributed by atoms with Gasteiger partial charge in [-0.1, -0.05) is 0 Å². The molecule has 0 radical (unpaired) electrons. The number of rotatable bonds is 4. The zero-order valence-corrected chi connectivity index (χ0v) is 9.13. The molecule has 0 saturated carbocycles.